The standard InChI is InChI=1S/C13H26N2O2S/c1-13(2,3)18-7-6-14-12(17)15-9-10-4-5-11(16)8-10/h10-11,16H,4-9H2,1-3H3,(H2,14,15,17)/t10-,11+/m1/s1. The van der Waals surface area contributed by atoms with E-state index < -0.39 is 0 Å². The number of rotatable bonds is 5. The highest BCUT2D eigenvalue weighted by Gasteiger charge is 2.22. The SMILES string of the molecule is CC(C)(C)SCCNC(=O)NC[C@@H]1CC[C@H](O)C1. The van der Waals surface area contributed by atoms with Crippen LogP contribution >= 0.6 is 11.8 Å². The van der Waals surface area contributed by atoms with Crippen molar-refractivity contribution in [2.75, 3.05) is 18.8 Å². The molecule has 4 nitrogen and oxygen atoms in total. The Balaban J connectivity index is 2.00. The third kappa shape index (κ3) is 7.11. The van der Waals surface area contributed by atoms with E-state index in [1.54, 1.807) is 0 Å². The molecule has 5 heteroatoms. The third-order valence-corrected chi connectivity index (χ3v) is 4.26. The Morgan fingerprint density at radius 1 is 1.33 bits per heavy atom. The largest absolute Gasteiger partial charge is 0.393 e. The lowest BCUT2D eigenvalue weighted by molar-refractivity contribution is 0.177. The lowest BCUT2D eigenvalue weighted by atomic mass is 10.1. The fourth-order valence-corrected chi connectivity index (χ4v) is 2.87. The molecule has 2 atom stereocenters. The molecule has 1 saturated carbocycles. The number of hydrogen-bond donors (Lipinski definition) is 3. The van der Waals surface area contributed by atoms with Crippen molar-refractivity contribution in [1.82, 2.24) is 10.6 Å². The number of thioether (sulfide) groups is 1. The molecule has 1 rings (SSSR count). The van der Waals surface area contributed by atoms with E-state index in [0.717, 1.165) is 25.0 Å². The summed E-state index contributed by atoms with van der Waals surface area (Å²) in [5.74, 6) is 1.37. The fourth-order valence-electron chi connectivity index (χ4n) is 2.06. The third-order valence-electron chi connectivity index (χ3n) is 2.99. The van der Waals surface area contributed by atoms with Crippen LogP contribution in [-0.2, 0) is 0 Å². The van der Waals surface area contributed by atoms with Crippen LogP contribution < -0.4 is 10.6 Å². The van der Waals surface area contributed by atoms with E-state index >= 15 is 0 Å². The molecule has 18 heavy (non-hydrogen) atoms. The number of aliphatic hydroxyl groups is 1. The maximum Gasteiger partial charge on any atom is 0.314 e. The van der Waals surface area contributed by atoms with Gasteiger partial charge in [-0.25, -0.2) is 4.79 Å². The second-order valence-corrected chi connectivity index (χ2v) is 7.85. The minimum absolute atomic E-state index is 0.0918. The van der Waals surface area contributed by atoms with Crippen molar-refractivity contribution in [3.05, 3.63) is 0 Å². The van der Waals surface area contributed by atoms with Crippen LogP contribution in [-0.4, -0.2) is 40.8 Å². The molecule has 0 unspecified atom stereocenters. The monoisotopic (exact) mass is 274 g/mol. The molecule has 0 aromatic heterocycles. The average Bonchev–Trinajstić information content (AvgIpc) is 2.66. The van der Waals surface area contributed by atoms with Gasteiger partial charge in [-0.05, 0) is 25.2 Å². The summed E-state index contributed by atoms with van der Waals surface area (Å²) in [6.45, 7) is 7.88. The smallest absolute Gasteiger partial charge is 0.314 e. The first-order valence-corrected chi connectivity index (χ1v) is 7.69. The number of hydrogen-bond acceptors (Lipinski definition) is 3. The molecule has 0 bridgehead atoms. The zero-order valence-corrected chi connectivity index (χ0v) is 12.5. The number of aliphatic hydroxyl groups excluding tert-OH is 1. The fraction of sp³-hybridized carbons (Fsp3) is 0.923. The molecule has 3 N–H and O–H groups in total. The Bertz CT molecular complexity index is 266. The Kier molecular flexibility index (Phi) is 6.29. The van der Waals surface area contributed by atoms with Gasteiger partial charge in [0.15, 0.2) is 0 Å². The van der Waals surface area contributed by atoms with Gasteiger partial charge < -0.3 is 15.7 Å². The second kappa shape index (κ2) is 7.24. The summed E-state index contributed by atoms with van der Waals surface area (Å²) in [4.78, 5) is 11.5. The summed E-state index contributed by atoms with van der Waals surface area (Å²) in [5, 5.41) is 15.1. The molecule has 0 aliphatic heterocycles. The van der Waals surface area contributed by atoms with E-state index in [1.807, 2.05) is 11.8 Å². The van der Waals surface area contributed by atoms with E-state index in [4.69, 9.17) is 0 Å². The highest BCUT2D eigenvalue weighted by atomic mass is 32.2. The number of amides is 2. The van der Waals surface area contributed by atoms with Gasteiger partial charge in [-0.1, -0.05) is 20.8 Å². The lowest BCUT2D eigenvalue weighted by Crippen LogP contribution is -2.39. The number of urea groups is 1. The summed E-state index contributed by atoms with van der Waals surface area (Å²) in [7, 11) is 0. The molecular formula is C13H26N2O2S. The molecule has 0 aromatic carbocycles. The van der Waals surface area contributed by atoms with E-state index in [0.29, 0.717) is 19.0 Å². The predicted molar refractivity (Wildman–Crippen MR) is 77.0 cm³/mol. The van der Waals surface area contributed by atoms with Gasteiger partial charge >= 0.3 is 6.03 Å². The van der Waals surface area contributed by atoms with Crippen LogP contribution in [0.5, 0.6) is 0 Å². The van der Waals surface area contributed by atoms with Crippen molar-refractivity contribution >= 4 is 17.8 Å². The normalized spacial score (nSPS) is 24.0. The number of carbonyl (C=O) groups is 1. The van der Waals surface area contributed by atoms with Gasteiger partial charge in [0.2, 0.25) is 0 Å². The van der Waals surface area contributed by atoms with Crippen LogP contribution in [0, 0.1) is 5.92 Å². The van der Waals surface area contributed by atoms with Gasteiger partial charge in [-0.3, -0.25) is 0 Å². The highest BCUT2D eigenvalue weighted by Crippen LogP contribution is 2.24. The van der Waals surface area contributed by atoms with Crippen molar-refractivity contribution in [3.8, 4) is 0 Å². The maximum atomic E-state index is 11.5. The van der Waals surface area contributed by atoms with Gasteiger partial charge in [-0.2, -0.15) is 11.8 Å². The molecule has 2 amide bonds. The van der Waals surface area contributed by atoms with Crippen molar-refractivity contribution in [1.29, 1.82) is 0 Å². The van der Waals surface area contributed by atoms with Crippen LogP contribution in [0.1, 0.15) is 40.0 Å². The van der Waals surface area contributed by atoms with Gasteiger partial charge in [-0.15, -0.1) is 0 Å². The Labute approximate surface area is 114 Å². The van der Waals surface area contributed by atoms with Crippen molar-refractivity contribution in [2.45, 2.75) is 50.9 Å². The first kappa shape index (κ1) is 15.6. The highest BCUT2D eigenvalue weighted by molar-refractivity contribution is 8.00. The predicted octanol–water partition coefficient (Wildman–Crippen LogP) is 1.98. The summed E-state index contributed by atoms with van der Waals surface area (Å²) in [5.41, 5.74) is 0. The average molecular weight is 274 g/mol. The zero-order valence-electron chi connectivity index (χ0n) is 11.7. The minimum Gasteiger partial charge on any atom is -0.393 e. The van der Waals surface area contributed by atoms with Crippen LogP contribution in [0.15, 0.2) is 0 Å². The van der Waals surface area contributed by atoms with E-state index in [9.17, 15) is 9.90 Å². The van der Waals surface area contributed by atoms with E-state index in [-0.39, 0.29) is 16.9 Å². The maximum absolute atomic E-state index is 11.5. The molecule has 0 spiro atoms. The van der Waals surface area contributed by atoms with Crippen LogP contribution in [0.2, 0.25) is 0 Å². The van der Waals surface area contributed by atoms with Gasteiger partial charge in [0, 0.05) is 23.6 Å². The van der Waals surface area contributed by atoms with E-state index in [2.05, 4.69) is 31.4 Å². The first-order valence-electron chi connectivity index (χ1n) is 6.70. The minimum atomic E-state index is -0.164. The van der Waals surface area contributed by atoms with Gasteiger partial charge in [0.05, 0.1) is 6.10 Å². The first-order chi connectivity index (χ1) is 8.37. The molecular weight excluding hydrogens is 248 g/mol. The molecule has 106 valence electrons. The zero-order chi connectivity index (χ0) is 13.6. The Morgan fingerprint density at radius 2 is 2.06 bits per heavy atom. The Hall–Kier alpha value is -0.420. The summed E-state index contributed by atoms with van der Waals surface area (Å²) in [6.07, 6.45) is 2.54. The topological polar surface area (TPSA) is 61.4 Å². The van der Waals surface area contributed by atoms with Crippen LogP contribution in [0.25, 0.3) is 0 Å². The molecule has 0 radical (unpaired) electrons. The summed E-state index contributed by atoms with van der Waals surface area (Å²) >= 11 is 1.84. The molecule has 1 aliphatic rings. The number of carbonyl (C=O) groups excluding carboxylic acids is 1. The molecule has 0 saturated heterocycles. The molecule has 0 aromatic rings. The van der Waals surface area contributed by atoms with Gasteiger partial charge in [0.1, 0.15) is 0 Å². The molecule has 0 heterocycles. The van der Waals surface area contributed by atoms with Crippen molar-refractivity contribution in [3.63, 3.8) is 0 Å². The van der Waals surface area contributed by atoms with Crippen LogP contribution in [0.3, 0.4) is 0 Å². The second-order valence-electron chi connectivity index (χ2n) is 5.93. The van der Waals surface area contributed by atoms with Crippen LogP contribution in [0.4, 0.5) is 4.79 Å². The quantitative estimate of drug-likeness (QED) is 0.672. The van der Waals surface area contributed by atoms with Crippen molar-refractivity contribution in [2.24, 2.45) is 5.92 Å². The van der Waals surface area contributed by atoms with E-state index in [1.165, 1.54) is 0 Å². The Morgan fingerprint density at radius 3 is 2.61 bits per heavy atom. The number of nitrogens with one attached hydrogen (secondary N) is 2. The molecule has 1 aliphatic carbocycles. The molecule has 1 fully saturated rings. The van der Waals surface area contributed by atoms with Gasteiger partial charge in [0.25, 0.3) is 0 Å². The lowest BCUT2D eigenvalue weighted by Gasteiger charge is -2.17. The summed E-state index contributed by atoms with van der Waals surface area (Å²) < 4.78 is 0.248. The van der Waals surface area contributed by atoms with Crippen molar-refractivity contribution < 1.29 is 9.90 Å². The summed E-state index contributed by atoms with van der Waals surface area (Å²) in [6, 6.07) is -0.0918.